The van der Waals surface area contributed by atoms with Crippen molar-refractivity contribution in [3.8, 4) is 0 Å². The van der Waals surface area contributed by atoms with Crippen LogP contribution >= 0.6 is 11.3 Å². The Labute approximate surface area is 122 Å². The van der Waals surface area contributed by atoms with Crippen molar-refractivity contribution in [2.24, 2.45) is 0 Å². The maximum Gasteiger partial charge on any atom is 0.335 e. The van der Waals surface area contributed by atoms with E-state index >= 15 is 0 Å². The Kier molecular flexibility index (Phi) is 5.09. The quantitative estimate of drug-likeness (QED) is 0.860. The van der Waals surface area contributed by atoms with Crippen LogP contribution in [0.1, 0.15) is 16.4 Å². The Morgan fingerprint density at radius 3 is 2.60 bits per heavy atom. The van der Waals surface area contributed by atoms with Gasteiger partial charge in [-0.05, 0) is 17.0 Å². The molecule has 0 radical (unpaired) electrons. The van der Waals surface area contributed by atoms with Crippen molar-refractivity contribution in [1.29, 1.82) is 0 Å². The first-order chi connectivity index (χ1) is 9.72. The van der Waals surface area contributed by atoms with E-state index in [2.05, 4.69) is 4.74 Å². The highest BCUT2D eigenvalue weighted by molar-refractivity contribution is 7.10. The normalized spacial score (nSPS) is 14.1. The number of hydrogen-bond donors (Lipinski definition) is 1. The van der Waals surface area contributed by atoms with Crippen LogP contribution in [0.3, 0.4) is 0 Å². The zero-order valence-corrected chi connectivity index (χ0v) is 11.9. The second kappa shape index (κ2) is 7.03. The van der Waals surface area contributed by atoms with Gasteiger partial charge in [-0.2, -0.15) is 0 Å². The van der Waals surface area contributed by atoms with Crippen LogP contribution in [0.4, 0.5) is 0 Å². The van der Waals surface area contributed by atoms with Gasteiger partial charge in [0.1, 0.15) is 0 Å². The zero-order valence-electron chi connectivity index (χ0n) is 11.1. The van der Waals surface area contributed by atoms with Gasteiger partial charge in [0.05, 0.1) is 7.11 Å². The number of ether oxygens (including phenoxy) is 1. The highest BCUT2D eigenvalue weighted by Gasteiger charge is 2.26. The standard InChI is InChI=1S/C16H16O3S/c1-19-16(18)15(17)13(14-8-5-11-20-14)10-9-12-6-3-2-4-7-12/h2-11,13,15,17H,1H3/b10-9+/t13-,15-/m1/s1. The summed E-state index contributed by atoms with van der Waals surface area (Å²) in [6.45, 7) is 0. The summed E-state index contributed by atoms with van der Waals surface area (Å²) in [6.07, 6.45) is 2.54. The molecule has 0 bridgehead atoms. The summed E-state index contributed by atoms with van der Waals surface area (Å²) in [7, 11) is 1.28. The van der Waals surface area contributed by atoms with Crippen LogP contribution < -0.4 is 0 Å². The molecule has 4 heteroatoms. The lowest BCUT2D eigenvalue weighted by atomic mass is 9.99. The molecular weight excluding hydrogens is 272 g/mol. The van der Waals surface area contributed by atoms with Crippen molar-refractivity contribution < 1.29 is 14.6 Å². The molecule has 0 amide bonds. The van der Waals surface area contributed by atoms with Crippen molar-refractivity contribution in [3.63, 3.8) is 0 Å². The van der Waals surface area contributed by atoms with E-state index in [-0.39, 0.29) is 0 Å². The van der Waals surface area contributed by atoms with Gasteiger partial charge >= 0.3 is 5.97 Å². The Hall–Kier alpha value is -1.91. The molecule has 0 aliphatic carbocycles. The smallest absolute Gasteiger partial charge is 0.335 e. The molecule has 2 rings (SSSR count). The summed E-state index contributed by atoms with van der Waals surface area (Å²) in [5.41, 5.74) is 1.02. The van der Waals surface area contributed by atoms with Crippen LogP contribution in [0.5, 0.6) is 0 Å². The second-order valence-electron chi connectivity index (χ2n) is 4.28. The first-order valence-electron chi connectivity index (χ1n) is 6.25. The summed E-state index contributed by atoms with van der Waals surface area (Å²) in [5.74, 6) is -1.02. The molecule has 0 saturated heterocycles. The molecule has 20 heavy (non-hydrogen) atoms. The Bertz CT molecular complexity index is 561. The fourth-order valence-corrected chi connectivity index (χ4v) is 2.72. The van der Waals surface area contributed by atoms with Crippen LogP contribution in [0, 0.1) is 0 Å². The van der Waals surface area contributed by atoms with E-state index in [0.717, 1.165) is 10.4 Å². The second-order valence-corrected chi connectivity index (χ2v) is 5.26. The third kappa shape index (κ3) is 3.56. The zero-order chi connectivity index (χ0) is 14.4. The Morgan fingerprint density at radius 2 is 2.00 bits per heavy atom. The van der Waals surface area contributed by atoms with E-state index in [1.807, 2.05) is 60.0 Å². The van der Waals surface area contributed by atoms with Crippen LogP contribution in [0.2, 0.25) is 0 Å². The molecule has 1 aromatic heterocycles. The van der Waals surface area contributed by atoms with Gasteiger partial charge in [-0.3, -0.25) is 0 Å². The van der Waals surface area contributed by atoms with Gasteiger partial charge < -0.3 is 9.84 Å². The number of methoxy groups -OCH3 is 1. The molecule has 3 nitrogen and oxygen atoms in total. The molecule has 0 spiro atoms. The number of carbonyl (C=O) groups is 1. The van der Waals surface area contributed by atoms with Gasteiger partial charge in [0.2, 0.25) is 0 Å². The SMILES string of the molecule is COC(=O)[C@H](O)[C@H](/C=C/c1ccccc1)c1cccs1. The first-order valence-corrected chi connectivity index (χ1v) is 7.13. The van der Waals surface area contributed by atoms with E-state index in [1.54, 1.807) is 0 Å². The maximum absolute atomic E-state index is 11.6. The molecule has 0 aliphatic heterocycles. The summed E-state index contributed by atoms with van der Waals surface area (Å²) >= 11 is 1.50. The van der Waals surface area contributed by atoms with E-state index in [4.69, 9.17) is 0 Å². The Balaban J connectivity index is 2.24. The molecule has 0 saturated carbocycles. The van der Waals surface area contributed by atoms with Gasteiger partial charge in [0.15, 0.2) is 6.10 Å². The third-order valence-corrected chi connectivity index (χ3v) is 3.92. The molecule has 0 unspecified atom stereocenters. The minimum Gasteiger partial charge on any atom is -0.467 e. The van der Waals surface area contributed by atoms with Crippen molar-refractivity contribution >= 4 is 23.4 Å². The minimum absolute atomic E-state index is 0.400. The molecule has 0 fully saturated rings. The summed E-state index contributed by atoms with van der Waals surface area (Å²) in [4.78, 5) is 12.5. The maximum atomic E-state index is 11.6. The van der Waals surface area contributed by atoms with Crippen LogP contribution in [0.15, 0.2) is 53.9 Å². The first kappa shape index (κ1) is 14.5. The molecule has 1 aromatic carbocycles. The van der Waals surface area contributed by atoms with Crippen LogP contribution in [-0.2, 0) is 9.53 Å². The topological polar surface area (TPSA) is 46.5 Å². The van der Waals surface area contributed by atoms with Crippen molar-refractivity contribution in [2.75, 3.05) is 7.11 Å². The molecule has 2 atom stereocenters. The van der Waals surface area contributed by atoms with Crippen molar-refractivity contribution in [1.82, 2.24) is 0 Å². The minimum atomic E-state index is -1.20. The number of carbonyl (C=O) groups excluding carboxylic acids is 1. The molecule has 2 aromatic rings. The monoisotopic (exact) mass is 288 g/mol. The van der Waals surface area contributed by atoms with E-state index in [1.165, 1.54) is 18.4 Å². The summed E-state index contributed by atoms with van der Waals surface area (Å²) in [5, 5.41) is 12.0. The highest BCUT2D eigenvalue weighted by atomic mass is 32.1. The lowest BCUT2D eigenvalue weighted by Crippen LogP contribution is -2.27. The van der Waals surface area contributed by atoms with Crippen LogP contribution in [0.25, 0.3) is 6.08 Å². The number of thiophene rings is 1. The van der Waals surface area contributed by atoms with Crippen molar-refractivity contribution in [3.05, 3.63) is 64.4 Å². The van der Waals surface area contributed by atoms with E-state index in [9.17, 15) is 9.90 Å². The number of esters is 1. The molecule has 1 N–H and O–H groups in total. The molecule has 104 valence electrons. The lowest BCUT2D eigenvalue weighted by molar-refractivity contribution is -0.150. The van der Waals surface area contributed by atoms with Crippen LogP contribution in [-0.4, -0.2) is 24.3 Å². The van der Waals surface area contributed by atoms with E-state index in [0.29, 0.717) is 0 Å². The average molecular weight is 288 g/mol. The van der Waals surface area contributed by atoms with Gasteiger partial charge in [-0.1, -0.05) is 48.6 Å². The highest BCUT2D eigenvalue weighted by Crippen LogP contribution is 2.27. The van der Waals surface area contributed by atoms with Crippen molar-refractivity contribution in [2.45, 2.75) is 12.0 Å². The number of benzene rings is 1. The average Bonchev–Trinajstić information content (AvgIpc) is 3.01. The lowest BCUT2D eigenvalue weighted by Gasteiger charge is -2.16. The summed E-state index contributed by atoms with van der Waals surface area (Å²) < 4.78 is 4.62. The Morgan fingerprint density at radius 1 is 1.25 bits per heavy atom. The fourth-order valence-electron chi connectivity index (χ4n) is 1.88. The number of hydrogen-bond acceptors (Lipinski definition) is 4. The third-order valence-electron chi connectivity index (χ3n) is 2.95. The molecular formula is C16H16O3S. The summed E-state index contributed by atoms with van der Waals surface area (Å²) in [6, 6.07) is 13.5. The van der Waals surface area contributed by atoms with Gasteiger partial charge in [-0.15, -0.1) is 11.3 Å². The van der Waals surface area contributed by atoms with Gasteiger partial charge in [0, 0.05) is 10.8 Å². The fraction of sp³-hybridized carbons (Fsp3) is 0.188. The van der Waals surface area contributed by atoms with Gasteiger partial charge in [0.25, 0.3) is 0 Å². The van der Waals surface area contributed by atoms with E-state index < -0.39 is 18.0 Å². The largest absolute Gasteiger partial charge is 0.467 e. The predicted molar refractivity (Wildman–Crippen MR) is 80.6 cm³/mol. The molecule has 1 heterocycles. The molecule has 0 aliphatic rings. The number of rotatable bonds is 5. The van der Waals surface area contributed by atoms with Gasteiger partial charge in [-0.25, -0.2) is 4.79 Å². The predicted octanol–water partition coefficient (Wildman–Crippen LogP) is 3.08. The number of aliphatic hydroxyl groups is 1. The number of aliphatic hydroxyl groups excluding tert-OH is 1.